The lowest BCUT2D eigenvalue weighted by Gasteiger charge is -2.50. The molecule has 4 fully saturated rings. The molecule has 0 aromatic carbocycles. The van der Waals surface area contributed by atoms with E-state index in [1.807, 2.05) is 0 Å². The van der Waals surface area contributed by atoms with Gasteiger partial charge >= 0.3 is 0 Å². The smallest absolute Gasteiger partial charge is 0.187 e. The Morgan fingerprint density at radius 2 is 0.769 bits per heavy atom. The third kappa shape index (κ3) is 9.40. The van der Waals surface area contributed by atoms with Crippen LogP contribution in [-0.2, 0) is 66.3 Å². The number of hydrogen-bond donors (Lipinski definition) is 7. The Labute approximate surface area is 301 Å². The summed E-state index contributed by atoms with van der Waals surface area (Å²) < 4.78 is 79.4. The fourth-order valence-corrected chi connectivity index (χ4v) is 6.98. The Bertz CT molecular complexity index is 1030. The largest absolute Gasteiger partial charge is 0.394 e. The van der Waals surface area contributed by atoms with Crippen molar-refractivity contribution in [3.8, 4) is 0 Å². The van der Waals surface area contributed by atoms with Gasteiger partial charge in [0, 0.05) is 49.8 Å². The summed E-state index contributed by atoms with van der Waals surface area (Å²) in [5.74, 6) is 0. The number of rotatable bonds is 17. The monoisotopic (exact) mass is 764 g/mol. The van der Waals surface area contributed by atoms with Crippen molar-refractivity contribution in [2.75, 3.05) is 76.2 Å². The Balaban J connectivity index is 1.54. The number of ether oxygens (including phenoxy) is 14. The van der Waals surface area contributed by atoms with E-state index in [4.69, 9.17) is 66.3 Å². The van der Waals surface area contributed by atoms with Crippen LogP contribution in [0.1, 0.15) is 0 Å². The SMILES string of the molecule is COCC1O[C@@H](O[C@H]2C(O)C(OC)[C@H](O[C@@H]3C(COC)O[C@@H](O[C@H]4C(O)C(OC)[C@H](O)O[C@H]4CO)[C@@H](OC)C3O)O[C@H]2COC)[C@@H](O)C(OC)[C@@H]1O. The van der Waals surface area contributed by atoms with Gasteiger partial charge < -0.3 is 102 Å². The van der Waals surface area contributed by atoms with Gasteiger partial charge in [-0.25, -0.2) is 0 Å². The minimum Gasteiger partial charge on any atom is -0.394 e. The van der Waals surface area contributed by atoms with E-state index in [2.05, 4.69) is 0 Å². The molecule has 0 bridgehead atoms. The van der Waals surface area contributed by atoms with E-state index < -0.39 is 129 Å². The molecule has 4 aliphatic rings. The zero-order chi connectivity index (χ0) is 38.3. The molecule has 0 aromatic heterocycles. The van der Waals surface area contributed by atoms with E-state index in [0.29, 0.717) is 0 Å². The van der Waals surface area contributed by atoms with Crippen LogP contribution in [0.15, 0.2) is 0 Å². The minimum absolute atomic E-state index is 0.0495. The van der Waals surface area contributed by atoms with Crippen LogP contribution in [0.2, 0.25) is 0 Å². The van der Waals surface area contributed by atoms with Crippen LogP contribution in [0, 0.1) is 0 Å². The van der Waals surface area contributed by atoms with Gasteiger partial charge in [0.25, 0.3) is 0 Å². The van der Waals surface area contributed by atoms with Crippen molar-refractivity contribution < 1.29 is 102 Å². The molecule has 4 aliphatic heterocycles. The highest BCUT2D eigenvalue weighted by atomic mass is 16.8. The van der Waals surface area contributed by atoms with Crippen molar-refractivity contribution in [2.24, 2.45) is 0 Å². The summed E-state index contributed by atoms with van der Waals surface area (Å²) in [6, 6.07) is 0. The van der Waals surface area contributed by atoms with Crippen molar-refractivity contribution in [1.29, 1.82) is 0 Å². The van der Waals surface area contributed by atoms with Gasteiger partial charge in [0.05, 0.1) is 26.4 Å². The summed E-state index contributed by atoms with van der Waals surface area (Å²) in [5.41, 5.74) is 0. The average Bonchev–Trinajstić information content (AvgIpc) is 3.11. The molecule has 0 spiro atoms. The maximum Gasteiger partial charge on any atom is 0.187 e. The Hall–Kier alpha value is -0.840. The summed E-state index contributed by atoms with van der Waals surface area (Å²) in [5, 5.41) is 75.9. The first-order valence-electron chi connectivity index (χ1n) is 16.8. The molecule has 0 radical (unpaired) electrons. The molecule has 0 aliphatic carbocycles. The molecule has 20 atom stereocenters. The third-order valence-electron chi connectivity index (χ3n) is 9.65. The molecule has 0 aromatic rings. The van der Waals surface area contributed by atoms with E-state index >= 15 is 0 Å². The van der Waals surface area contributed by atoms with Crippen LogP contribution >= 0.6 is 0 Å². The number of methoxy groups -OCH3 is 7. The zero-order valence-electron chi connectivity index (χ0n) is 30.2. The highest BCUT2D eigenvalue weighted by Gasteiger charge is 2.56. The van der Waals surface area contributed by atoms with Crippen LogP contribution < -0.4 is 0 Å². The number of aliphatic hydroxyl groups is 7. The normalized spacial score (nSPS) is 47.4. The van der Waals surface area contributed by atoms with Crippen LogP contribution in [0.25, 0.3) is 0 Å². The van der Waals surface area contributed by atoms with Crippen LogP contribution in [0.5, 0.6) is 0 Å². The second-order valence-corrected chi connectivity index (χ2v) is 12.8. The zero-order valence-corrected chi connectivity index (χ0v) is 30.2. The van der Waals surface area contributed by atoms with Crippen LogP contribution in [-0.4, -0.2) is 235 Å². The first kappa shape index (κ1) is 43.9. The Kier molecular flexibility index (Phi) is 17.2. The van der Waals surface area contributed by atoms with Crippen LogP contribution in [0.3, 0.4) is 0 Å². The topological polar surface area (TPSA) is 271 Å². The molecule has 0 amide bonds. The van der Waals surface area contributed by atoms with Gasteiger partial charge in [0.15, 0.2) is 25.2 Å². The van der Waals surface area contributed by atoms with Crippen molar-refractivity contribution in [3.63, 3.8) is 0 Å². The molecule has 4 saturated heterocycles. The molecule has 8 unspecified atom stereocenters. The third-order valence-corrected chi connectivity index (χ3v) is 9.65. The predicted octanol–water partition coefficient (Wildman–Crippen LogP) is -5.17. The average molecular weight is 765 g/mol. The second kappa shape index (κ2) is 20.4. The lowest BCUT2D eigenvalue weighted by atomic mass is 9.95. The van der Waals surface area contributed by atoms with E-state index in [9.17, 15) is 35.7 Å². The molecular formula is C31H56O21. The summed E-state index contributed by atoms with van der Waals surface area (Å²) >= 11 is 0. The Morgan fingerprint density at radius 3 is 1.19 bits per heavy atom. The summed E-state index contributed by atoms with van der Waals surface area (Å²) in [4.78, 5) is 0. The predicted molar refractivity (Wildman–Crippen MR) is 167 cm³/mol. The fraction of sp³-hybridized carbons (Fsp3) is 1.00. The molecule has 52 heavy (non-hydrogen) atoms. The summed E-state index contributed by atoms with van der Waals surface area (Å²) in [7, 11) is 9.32. The van der Waals surface area contributed by atoms with Gasteiger partial charge in [-0.1, -0.05) is 0 Å². The molecule has 4 heterocycles. The van der Waals surface area contributed by atoms with Crippen molar-refractivity contribution in [2.45, 2.75) is 123 Å². The second-order valence-electron chi connectivity index (χ2n) is 12.8. The van der Waals surface area contributed by atoms with Gasteiger partial charge in [0.2, 0.25) is 0 Å². The maximum absolute atomic E-state index is 11.6. The lowest BCUT2D eigenvalue weighted by Crippen LogP contribution is -2.68. The highest BCUT2D eigenvalue weighted by Crippen LogP contribution is 2.36. The first-order valence-corrected chi connectivity index (χ1v) is 16.8. The molecular weight excluding hydrogens is 708 g/mol. The molecule has 21 nitrogen and oxygen atoms in total. The highest BCUT2D eigenvalue weighted by molar-refractivity contribution is 4.99. The van der Waals surface area contributed by atoms with Gasteiger partial charge in [-0.2, -0.15) is 0 Å². The molecule has 306 valence electrons. The minimum atomic E-state index is -1.55. The van der Waals surface area contributed by atoms with E-state index in [-0.39, 0.29) is 19.8 Å². The fourth-order valence-electron chi connectivity index (χ4n) is 6.98. The summed E-state index contributed by atoms with van der Waals surface area (Å²) in [6.07, 6.45) is -25.9. The van der Waals surface area contributed by atoms with Gasteiger partial charge in [-0.3, -0.25) is 0 Å². The Morgan fingerprint density at radius 1 is 0.385 bits per heavy atom. The molecule has 0 saturated carbocycles. The van der Waals surface area contributed by atoms with Gasteiger partial charge in [-0.15, -0.1) is 0 Å². The van der Waals surface area contributed by atoms with Crippen molar-refractivity contribution in [1.82, 2.24) is 0 Å². The number of aliphatic hydroxyl groups excluding tert-OH is 7. The maximum atomic E-state index is 11.6. The lowest BCUT2D eigenvalue weighted by molar-refractivity contribution is -0.391. The van der Waals surface area contributed by atoms with E-state index in [1.54, 1.807) is 0 Å². The van der Waals surface area contributed by atoms with Crippen LogP contribution in [0.4, 0.5) is 0 Å². The van der Waals surface area contributed by atoms with Gasteiger partial charge in [-0.05, 0) is 0 Å². The van der Waals surface area contributed by atoms with Crippen molar-refractivity contribution in [3.05, 3.63) is 0 Å². The molecule has 7 N–H and O–H groups in total. The first-order chi connectivity index (χ1) is 24.9. The number of hydrogen-bond acceptors (Lipinski definition) is 21. The van der Waals surface area contributed by atoms with E-state index in [0.717, 1.165) is 0 Å². The quantitative estimate of drug-likeness (QED) is 0.0730. The standard InChI is InChI=1S/C31H56O21/c1-39-9-13-16(33)24(42-4)20(37)29(47-13)50-22-14(10-40-2)48-31(26(44-6)18(22)35)52-23-15(11-41-3)49-30(27(45-7)19(23)36)51-21-12(8-32)46-28(38)25(43-5)17(21)34/h12-38H,8-11H2,1-7H3/t12-,13?,14-,15?,16+,17?,18?,19?,20-,21+,22+,23+,24?,25?,26?,27-,28+,29-,30-,31-/m0/s1. The molecule has 21 heteroatoms. The van der Waals surface area contributed by atoms with E-state index in [1.165, 1.54) is 49.8 Å². The molecule has 4 rings (SSSR count). The van der Waals surface area contributed by atoms with Crippen molar-refractivity contribution >= 4 is 0 Å². The van der Waals surface area contributed by atoms with Gasteiger partial charge in [0.1, 0.15) is 97.7 Å². The summed E-state index contributed by atoms with van der Waals surface area (Å²) in [6.45, 7) is -0.991.